The summed E-state index contributed by atoms with van der Waals surface area (Å²) in [4.78, 5) is 51.4. The summed E-state index contributed by atoms with van der Waals surface area (Å²) < 4.78 is 5.13. The van der Waals surface area contributed by atoms with Crippen molar-refractivity contribution >= 4 is 40.0 Å². The van der Waals surface area contributed by atoms with Gasteiger partial charge in [0, 0.05) is 32.1 Å². The second-order valence-corrected chi connectivity index (χ2v) is 8.84. The van der Waals surface area contributed by atoms with Crippen molar-refractivity contribution in [1.82, 2.24) is 10.2 Å². The lowest BCUT2D eigenvalue weighted by molar-refractivity contribution is -0.122. The molecule has 1 aliphatic carbocycles. The maximum atomic E-state index is 12.8. The Morgan fingerprint density at radius 1 is 1.12 bits per heavy atom. The molecule has 3 rings (SSSR count). The molecule has 3 amide bonds. The summed E-state index contributed by atoms with van der Waals surface area (Å²) in [6.07, 6.45) is 1.89. The van der Waals surface area contributed by atoms with Crippen LogP contribution >= 0.6 is 11.3 Å². The van der Waals surface area contributed by atoms with Crippen LogP contribution in [0.3, 0.4) is 0 Å². The summed E-state index contributed by atoms with van der Waals surface area (Å²) in [5.74, 6) is -1.04. The average Bonchev–Trinajstić information content (AvgIpc) is 3.56. The van der Waals surface area contributed by atoms with Crippen LogP contribution in [0.1, 0.15) is 61.3 Å². The second-order valence-electron chi connectivity index (χ2n) is 7.82. The van der Waals surface area contributed by atoms with Crippen molar-refractivity contribution in [3.8, 4) is 0 Å². The number of nitrogens with zero attached hydrogens (tertiary/aromatic N) is 1. The van der Waals surface area contributed by atoms with E-state index in [-0.39, 0.29) is 34.9 Å². The normalized spacial score (nSPS) is 12.8. The predicted octanol–water partition coefficient (Wildman–Crippen LogP) is 3.21. The zero-order chi connectivity index (χ0) is 23.4. The number of rotatable bonds is 8. The first-order chi connectivity index (χ1) is 15.2. The molecule has 1 aromatic heterocycles. The van der Waals surface area contributed by atoms with Gasteiger partial charge in [0.1, 0.15) is 5.00 Å². The monoisotopic (exact) mass is 457 g/mol. The van der Waals surface area contributed by atoms with E-state index in [0.29, 0.717) is 22.5 Å². The number of nitrogens with one attached hydrogen (secondary N) is 2. The Hall–Kier alpha value is -3.20. The molecule has 0 atom stereocenters. The van der Waals surface area contributed by atoms with Gasteiger partial charge in [-0.3, -0.25) is 14.4 Å². The van der Waals surface area contributed by atoms with Crippen molar-refractivity contribution in [3.05, 3.63) is 51.4 Å². The third kappa shape index (κ3) is 5.34. The van der Waals surface area contributed by atoms with E-state index in [1.54, 1.807) is 52.2 Å². The van der Waals surface area contributed by atoms with E-state index < -0.39 is 11.9 Å². The molecule has 9 heteroatoms. The van der Waals surface area contributed by atoms with E-state index in [9.17, 15) is 19.2 Å². The molecule has 170 valence electrons. The second kappa shape index (κ2) is 9.95. The molecular formula is C23H27N3O5S. The lowest BCUT2D eigenvalue weighted by Gasteiger charge is -2.09. The summed E-state index contributed by atoms with van der Waals surface area (Å²) in [7, 11) is 3.25. The van der Waals surface area contributed by atoms with E-state index in [1.807, 2.05) is 0 Å². The first-order valence-electron chi connectivity index (χ1n) is 10.4. The lowest BCUT2D eigenvalue weighted by atomic mass is 10.1. The Morgan fingerprint density at radius 2 is 1.78 bits per heavy atom. The van der Waals surface area contributed by atoms with Crippen LogP contribution in [0.4, 0.5) is 5.00 Å². The molecule has 32 heavy (non-hydrogen) atoms. The number of esters is 1. The fourth-order valence-corrected chi connectivity index (χ4v) is 4.30. The first kappa shape index (κ1) is 23.5. The minimum absolute atomic E-state index is 0.0643. The minimum Gasteiger partial charge on any atom is -0.462 e. The highest BCUT2D eigenvalue weighted by atomic mass is 32.1. The van der Waals surface area contributed by atoms with E-state index in [2.05, 4.69) is 10.6 Å². The van der Waals surface area contributed by atoms with Crippen LogP contribution in [-0.4, -0.2) is 49.3 Å². The van der Waals surface area contributed by atoms with Gasteiger partial charge in [-0.2, -0.15) is 0 Å². The zero-order valence-electron chi connectivity index (χ0n) is 18.6. The van der Waals surface area contributed by atoms with Crippen LogP contribution in [0.5, 0.6) is 0 Å². The predicted molar refractivity (Wildman–Crippen MR) is 122 cm³/mol. The van der Waals surface area contributed by atoms with Crippen molar-refractivity contribution < 1.29 is 23.9 Å². The van der Waals surface area contributed by atoms with E-state index >= 15 is 0 Å². The van der Waals surface area contributed by atoms with E-state index in [1.165, 1.54) is 4.90 Å². The molecule has 0 spiro atoms. The van der Waals surface area contributed by atoms with Crippen LogP contribution in [-0.2, 0) is 16.1 Å². The molecule has 1 fully saturated rings. The molecule has 1 aliphatic rings. The fraction of sp³-hybridized carbons (Fsp3) is 0.391. The van der Waals surface area contributed by atoms with Gasteiger partial charge >= 0.3 is 5.97 Å². The molecule has 0 aliphatic heterocycles. The Labute approximate surface area is 190 Å². The average molecular weight is 458 g/mol. The standard InChI is InChI=1S/C23H27N3O5S/c1-5-31-23(30)17-13(2)18(22(29)26(3)4)32-21(17)25-20(28)16-8-6-14(7-9-16)12-24-19(27)15-10-11-15/h6-9,15H,5,10-12H2,1-4H3,(H,24,27)(H,25,28). The Bertz CT molecular complexity index is 1040. The van der Waals surface area contributed by atoms with Gasteiger partial charge in [-0.15, -0.1) is 11.3 Å². The van der Waals surface area contributed by atoms with E-state index in [4.69, 9.17) is 4.74 Å². The smallest absolute Gasteiger partial charge is 0.341 e. The van der Waals surface area contributed by atoms with Crippen molar-refractivity contribution in [1.29, 1.82) is 0 Å². The molecule has 1 aromatic carbocycles. The number of thiophene rings is 1. The lowest BCUT2D eigenvalue weighted by Crippen LogP contribution is -2.24. The third-order valence-electron chi connectivity index (χ3n) is 5.08. The summed E-state index contributed by atoms with van der Waals surface area (Å²) in [6.45, 7) is 3.94. The van der Waals surface area contributed by atoms with Crippen molar-refractivity contribution in [2.24, 2.45) is 5.92 Å². The highest BCUT2D eigenvalue weighted by Crippen LogP contribution is 2.35. The first-order valence-corrected chi connectivity index (χ1v) is 11.2. The highest BCUT2D eigenvalue weighted by molar-refractivity contribution is 7.18. The number of ether oxygens (including phenoxy) is 1. The molecule has 2 N–H and O–H groups in total. The van der Waals surface area contributed by atoms with Gasteiger partial charge in [0.05, 0.1) is 17.0 Å². The number of amides is 3. The van der Waals surface area contributed by atoms with Crippen LogP contribution in [0.2, 0.25) is 0 Å². The largest absolute Gasteiger partial charge is 0.462 e. The van der Waals surface area contributed by atoms with Gasteiger partial charge < -0.3 is 20.3 Å². The van der Waals surface area contributed by atoms with Gasteiger partial charge in [-0.05, 0) is 49.9 Å². The maximum absolute atomic E-state index is 12.8. The third-order valence-corrected chi connectivity index (χ3v) is 6.28. The van der Waals surface area contributed by atoms with Gasteiger partial charge in [-0.25, -0.2) is 4.79 Å². The molecule has 2 aromatic rings. The Kier molecular flexibility index (Phi) is 7.29. The molecule has 0 unspecified atom stereocenters. The zero-order valence-corrected chi connectivity index (χ0v) is 19.4. The van der Waals surface area contributed by atoms with Crippen LogP contribution in [0.15, 0.2) is 24.3 Å². The van der Waals surface area contributed by atoms with E-state index in [0.717, 1.165) is 29.7 Å². The molecule has 0 radical (unpaired) electrons. The summed E-state index contributed by atoms with van der Waals surface area (Å²) >= 11 is 1.05. The Morgan fingerprint density at radius 3 is 2.34 bits per heavy atom. The molecule has 0 bridgehead atoms. The highest BCUT2D eigenvalue weighted by Gasteiger charge is 2.29. The van der Waals surface area contributed by atoms with Crippen LogP contribution in [0, 0.1) is 12.8 Å². The maximum Gasteiger partial charge on any atom is 0.341 e. The fourth-order valence-electron chi connectivity index (χ4n) is 3.09. The number of benzene rings is 1. The molecule has 8 nitrogen and oxygen atoms in total. The quantitative estimate of drug-likeness (QED) is 0.592. The van der Waals surface area contributed by atoms with Gasteiger partial charge in [0.25, 0.3) is 11.8 Å². The summed E-state index contributed by atoms with van der Waals surface area (Å²) in [5.41, 5.74) is 1.94. The number of hydrogen-bond donors (Lipinski definition) is 2. The molecular weight excluding hydrogens is 430 g/mol. The molecule has 0 saturated heterocycles. The van der Waals surface area contributed by atoms with Crippen LogP contribution in [0.25, 0.3) is 0 Å². The minimum atomic E-state index is -0.587. The van der Waals surface area contributed by atoms with Gasteiger partial charge in [-0.1, -0.05) is 12.1 Å². The van der Waals surface area contributed by atoms with Gasteiger partial charge in [0.15, 0.2) is 0 Å². The summed E-state index contributed by atoms with van der Waals surface area (Å²) in [6, 6.07) is 6.86. The number of hydrogen-bond acceptors (Lipinski definition) is 6. The molecule has 1 saturated carbocycles. The number of carbonyl (C=O) groups excluding carboxylic acids is 4. The topological polar surface area (TPSA) is 105 Å². The number of anilines is 1. The summed E-state index contributed by atoms with van der Waals surface area (Å²) in [5, 5.41) is 5.91. The number of carbonyl (C=O) groups is 4. The molecule has 1 heterocycles. The van der Waals surface area contributed by atoms with Crippen LogP contribution < -0.4 is 10.6 Å². The Balaban J connectivity index is 1.76. The van der Waals surface area contributed by atoms with Crippen molar-refractivity contribution in [3.63, 3.8) is 0 Å². The van der Waals surface area contributed by atoms with Gasteiger partial charge in [0.2, 0.25) is 5.91 Å². The SMILES string of the molecule is CCOC(=O)c1c(NC(=O)c2ccc(CNC(=O)C3CC3)cc2)sc(C(=O)N(C)C)c1C. The van der Waals surface area contributed by atoms with Crippen molar-refractivity contribution in [2.75, 3.05) is 26.0 Å². The van der Waals surface area contributed by atoms with Crippen molar-refractivity contribution in [2.45, 2.75) is 33.2 Å².